The molecule has 0 fully saturated rings. The number of nitrogens with zero attached hydrogens (tertiary/aromatic N) is 1. The highest BCUT2D eigenvalue weighted by Gasteiger charge is 2.21. The van der Waals surface area contributed by atoms with E-state index in [0.29, 0.717) is 31.6 Å². The second kappa shape index (κ2) is 5.28. The molecule has 1 heterocycles. The third-order valence-corrected chi connectivity index (χ3v) is 4.02. The highest BCUT2D eigenvalue weighted by Crippen LogP contribution is 2.22. The number of hydrogen-bond acceptors (Lipinski definition) is 4. The lowest BCUT2D eigenvalue weighted by atomic mass is 9.94. The second-order valence-electron chi connectivity index (χ2n) is 4.64. The van der Waals surface area contributed by atoms with Gasteiger partial charge < -0.3 is 5.11 Å². The zero-order valence-corrected chi connectivity index (χ0v) is 11.2. The largest absolute Gasteiger partial charge is 0.478 e. The molecule has 3 N–H and O–H groups in total. The average Bonchev–Trinajstić information content (AvgIpc) is 2.34. The molecule has 0 spiro atoms. The van der Waals surface area contributed by atoms with E-state index in [2.05, 4.69) is 0 Å². The summed E-state index contributed by atoms with van der Waals surface area (Å²) in [4.78, 5) is 13.1. The van der Waals surface area contributed by atoms with Crippen LogP contribution in [0.2, 0.25) is 0 Å². The number of rotatable bonds is 4. The second-order valence-corrected chi connectivity index (χ2v) is 6.38. The van der Waals surface area contributed by atoms with Crippen molar-refractivity contribution in [3.8, 4) is 0 Å². The van der Waals surface area contributed by atoms with Gasteiger partial charge in [-0.05, 0) is 23.6 Å². The van der Waals surface area contributed by atoms with E-state index in [1.54, 1.807) is 12.1 Å². The molecule has 6 nitrogen and oxygen atoms in total. The molecular weight excluding hydrogens is 268 g/mol. The van der Waals surface area contributed by atoms with E-state index in [1.807, 2.05) is 11.0 Å². The molecule has 0 atom stereocenters. The van der Waals surface area contributed by atoms with Crippen LogP contribution in [0.15, 0.2) is 18.2 Å². The summed E-state index contributed by atoms with van der Waals surface area (Å²) in [6, 6.07) is 5.19. The fourth-order valence-electron chi connectivity index (χ4n) is 2.32. The first kappa shape index (κ1) is 14.0. The molecule has 0 aliphatic carbocycles. The zero-order chi connectivity index (χ0) is 14.0. The van der Waals surface area contributed by atoms with Crippen LogP contribution in [0.4, 0.5) is 0 Å². The van der Waals surface area contributed by atoms with Gasteiger partial charge in [-0.1, -0.05) is 12.1 Å². The van der Waals surface area contributed by atoms with E-state index in [-0.39, 0.29) is 5.75 Å². The van der Waals surface area contributed by atoms with Crippen LogP contribution in [0.3, 0.4) is 0 Å². The first-order valence-electron chi connectivity index (χ1n) is 5.94. The first-order valence-corrected chi connectivity index (χ1v) is 7.65. The maximum absolute atomic E-state index is 11.1. The van der Waals surface area contributed by atoms with Crippen molar-refractivity contribution in [1.82, 2.24) is 4.90 Å². The van der Waals surface area contributed by atoms with Crippen molar-refractivity contribution in [3.05, 3.63) is 34.9 Å². The predicted octanol–water partition coefficient (Wildman–Crippen LogP) is 0.0314. The van der Waals surface area contributed by atoms with Gasteiger partial charge in [-0.2, -0.15) is 0 Å². The van der Waals surface area contributed by atoms with Crippen molar-refractivity contribution >= 4 is 16.0 Å². The van der Waals surface area contributed by atoms with Crippen LogP contribution in [0.5, 0.6) is 0 Å². The third kappa shape index (κ3) is 3.52. The number of hydrogen-bond donors (Lipinski definition) is 2. The summed E-state index contributed by atoms with van der Waals surface area (Å²) in [5, 5.41) is 14.1. The molecule has 0 radical (unpaired) electrons. The molecule has 0 saturated heterocycles. The number of sulfonamides is 1. The predicted molar refractivity (Wildman–Crippen MR) is 70.4 cm³/mol. The Kier molecular flexibility index (Phi) is 3.88. The van der Waals surface area contributed by atoms with Crippen LogP contribution in [0, 0.1) is 0 Å². The number of nitrogens with two attached hydrogens (primary N) is 1. The maximum Gasteiger partial charge on any atom is 0.335 e. The zero-order valence-electron chi connectivity index (χ0n) is 10.4. The van der Waals surface area contributed by atoms with Crippen LogP contribution in [-0.2, 0) is 23.0 Å². The highest BCUT2D eigenvalue weighted by molar-refractivity contribution is 7.89. The van der Waals surface area contributed by atoms with Crippen LogP contribution >= 0.6 is 0 Å². The van der Waals surface area contributed by atoms with Gasteiger partial charge in [0.2, 0.25) is 10.0 Å². The Morgan fingerprint density at radius 2 is 2.16 bits per heavy atom. The van der Waals surface area contributed by atoms with Gasteiger partial charge in [-0.3, -0.25) is 4.90 Å². The number of benzene rings is 1. The maximum atomic E-state index is 11.1. The van der Waals surface area contributed by atoms with Gasteiger partial charge in [-0.15, -0.1) is 0 Å². The third-order valence-electron chi connectivity index (χ3n) is 3.27. The standard InChI is InChI=1S/C12H16N2O4S/c13-19(17,18)7-6-14-5-4-10-9(8-14)2-1-3-11(10)12(15)16/h1-3H,4-8H2,(H,15,16)(H2,13,17,18). The van der Waals surface area contributed by atoms with Crippen molar-refractivity contribution in [2.45, 2.75) is 13.0 Å². The molecule has 0 aromatic heterocycles. The van der Waals surface area contributed by atoms with Gasteiger partial charge in [0.15, 0.2) is 0 Å². The topological polar surface area (TPSA) is 101 Å². The van der Waals surface area contributed by atoms with E-state index in [9.17, 15) is 13.2 Å². The number of aromatic carboxylic acids is 1. The Morgan fingerprint density at radius 3 is 2.79 bits per heavy atom. The number of primary sulfonamides is 1. The van der Waals surface area contributed by atoms with Crippen LogP contribution < -0.4 is 5.14 Å². The number of carboxylic acids is 1. The quantitative estimate of drug-likeness (QED) is 0.812. The van der Waals surface area contributed by atoms with E-state index in [0.717, 1.165) is 11.1 Å². The fraction of sp³-hybridized carbons (Fsp3) is 0.417. The monoisotopic (exact) mass is 284 g/mol. The molecule has 1 aliphatic heterocycles. The van der Waals surface area contributed by atoms with Crippen molar-refractivity contribution in [1.29, 1.82) is 0 Å². The molecular formula is C12H16N2O4S. The molecule has 104 valence electrons. The molecule has 2 rings (SSSR count). The lowest BCUT2D eigenvalue weighted by Gasteiger charge is -2.29. The van der Waals surface area contributed by atoms with Gasteiger partial charge in [-0.25, -0.2) is 18.4 Å². The Bertz CT molecular complexity index is 598. The van der Waals surface area contributed by atoms with Crippen LogP contribution in [-0.4, -0.2) is 43.2 Å². The van der Waals surface area contributed by atoms with Crippen molar-refractivity contribution in [2.24, 2.45) is 5.14 Å². The van der Waals surface area contributed by atoms with Crippen LogP contribution in [0.1, 0.15) is 21.5 Å². The first-order chi connectivity index (χ1) is 8.87. The summed E-state index contributed by atoms with van der Waals surface area (Å²) in [6.45, 7) is 1.58. The lowest BCUT2D eigenvalue weighted by Crippen LogP contribution is -2.36. The molecule has 0 unspecified atom stereocenters. The summed E-state index contributed by atoms with van der Waals surface area (Å²) in [5.74, 6) is -1.00. The summed E-state index contributed by atoms with van der Waals surface area (Å²) < 4.78 is 21.9. The average molecular weight is 284 g/mol. The summed E-state index contributed by atoms with van der Waals surface area (Å²) in [5.41, 5.74) is 2.13. The molecule has 1 aromatic rings. The Hall–Kier alpha value is -1.44. The SMILES string of the molecule is NS(=O)(=O)CCN1CCc2c(cccc2C(=O)O)C1. The van der Waals surface area contributed by atoms with Gasteiger partial charge >= 0.3 is 5.97 Å². The van der Waals surface area contributed by atoms with Crippen molar-refractivity contribution in [2.75, 3.05) is 18.8 Å². The molecule has 1 aromatic carbocycles. The highest BCUT2D eigenvalue weighted by atomic mass is 32.2. The molecule has 7 heteroatoms. The number of fused-ring (bicyclic) bond motifs is 1. The lowest BCUT2D eigenvalue weighted by molar-refractivity contribution is 0.0694. The summed E-state index contributed by atoms with van der Waals surface area (Å²) in [7, 11) is -3.46. The van der Waals surface area contributed by atoms with Gasteiger partial charge in [0.1, 0.15) is 0 Å². The van der Waals surface area contributed by atoms with E-state index in [1.165, 1.54) is 0 Å². The van der Waals surface area contributed by atoms with Gasteiger partial charge in [0.05, 0.1) is 11.3 Å². The summed E-state index contributed by atoms with van der Waals surface area (Å²) >= 11 is 0. The van der Waals surface area contributed by atoms with E-state index in [4.69, 9.17) is 10.2 Å². The van der Waals surface area contributed by atoms with Crippen molar-refractivity contribution in [3.63, 3.8) is 0 Å². The van der Waals surface area contributed by atoms with Crippen LogP contribution in [0.25, 0.3) is 0 Å². The fourth-order valence-corrected chi connectivity index (χ4v) is 2.83. The Morgan fingerprint density at radius 1 is 1.42 bits per heavy atom. The number of carbonyl (C=O) groups is 1. The number of carboxylic acid groups (broad SMARTS) is 1. The molecule has 1 aliphatic rings. The minimum absolute atomic E-state index is 0.0824. The Labute approximate surface area is 111 Å². The minimum Gasteiger partial charge on any atom is -0.478 e. The molecule has 0 amide bonds. The van der Waals surface area contributed by atoms with E-state index < -0.39 is 16.0 Å². The van der Waals surface area contributed by atoms with Crippen molar-refractivity contribution < 1.29 is 18.3 Å². The minimum atomic E-state index is -3.46. The molecule has 0 bridgehead atoms. The summed E-state index contributed by atoms with van der Waals surface area (Å²) in [6.07, 6.45) is 0.614. The normalized spacial score (nSPS) is 16.1. The van der Waals surface area contributed by atoms with Gasteiger partial charge in [0, 0.05) is 19.6 Å². The Balaban J connectivity index is 2.13. The van der Waals surface area contributed by atoms with Gasteiger partial charge in [0.25, 0.3) is 0 Å². The molecule has 0 saturated carbocycles. The molecule has 19 heavy (non-hydrogen) atoms. The smallest absolute Gasteiger partial charge is 0.335 e. The van der Waals surface area contributed by atoms with E-state index >= 15 is 0 Å².